The van der Waals surface area contributed by atoms with Crippen LogP contribution in [-0.4, -0.2) is 43.0 Å². The van der Waals surface area contributed by atoms with Crippen LogP contribution in [0.15, 0.2) is 24.3 Å². The molecule has 22 heavy (non-hydrogen) atoms. The van der Waals surface area contributed by atoms with E-state index in [-0.39, 0.29) is 5.78 Å². The fourth-order valence-corrected chi connectivity index (χ4v) is 3.96. The van der Waals surface area contributed by atoms with Crippen LogP contribution < -0.4 is 10.5 Å². The zero-order chi connectivity index (χ0) is 15.5. The predicted molar refractivity (Wildman–Crippen MR) is 87.2 cm³/mol. The Bertz CT molecular complexity index is 532. The van der Waals surface area contributed by atoms with Crippen LogP contribution in [0.3, 0.4) is 0 Å². The van der Waals surface area contributed by atoms with E-state index < -0.39 is 0 Å². The predicted octanol–water partition coefficient (Wildman–Crippen LogP) is 2.33. The number of Topliss-reactive ketones (excluding diaryl/α,β-unsaturated/α-hetero) is 1. The van der Waals surface area contributed by atoms with Crippen molar-refractivity contribution >= 4 is 5.78 Å². The lowest BCUT2D eigenvalue weighted by molar-refractivity contribution is 0.101. The van der Waals surface area contributed by atoms with Gasteiger partial charge in [-0.05, 0) is 43.7 Å². The number of hydrogen-bond donors (Lipinski definition) is 1. The summed E-state index contributed by atoms with van der Waals surface area (Å²) in [7, 11) is 0. The van der Waals surface area contributed by atoms with E-state index in [9.17, 15) is 4.79 Å². The molecule has 0 amide bonds. The third-order valence-corrected chi connectivity index (χ3v) is 5.16. The van der Waals surface area contributed by atoms with Crippen molar-refractivity contribution in [1.29, 1.82) is 0 Å². The molecule has 1 saturated carbocycles. The molecule has 3 unspecified atom stereocenters. The third kappa shape index (κ3) is 3.33. The molecular weight excluding hydrogens is 276 g/mol. The lowest BCUT2D eigenvalue weighted by Gasteiger charge is -2.29. The maximum absolute atomic E-state index is 11.6. The first-order valence-corrected chi connectivity index (χ1v) is 8.36. The maximum Gasteiger partial charge on any atom is 0.163 e. The molecule has 2 aliphatic rings. The van der Waals surface area contributed by atoms with Crippen molar-refractivity contribution in [2.75, 3.05) is 26.2 Å². The highest BCUT2D eigenvalue weighted by atomic mass is 16.5. The number of fused-ring (bicyclic) bond motifs is 1. The van der Waals surface area contributed by atoms with E-state index in [0.717, 1.165) is 25.6 Å². The Morgan fingerprint density at radius 3 is 2.91 bits per heavy atom. The van der Waals surface area contributed by atoms with Crippen LogP contribution in [-0.2, 0) is 0 Å². The van der Waals surface area contributed by atoms with E-state index in [2.05, 4.69) is 4.90 Å². The number of nitrogens with zero attached hydrogens (tertiary/aromatic N) is 1. The zero-order valence-corrected chi connectivity index (χ0v) is 13.3. The molecule has 4 heteroatoms. The molecule has 1 aromatic carbocycles. The van der Waals surface area contributed by atoms with Gasteiger partial charge in [-0.3, -0.25) is 9.69 Å². The van der Waals surface area contributed by atoms with Gasteiger partial charge in [0, 0.05) is 25.7 Å². The van der Waals surface area contributed by atoms with Crippen LogP contribution in [0.1, 0.15) is 36.5 Å². The molecule has 1 aliphatic heterocycles. The van der Waals surface area contributed by atoms with Gasteiger partial charge in [0.05, 0.1) is 5.56 Å². The third-order valence-electron chi connectivity index (χ3n) is 5.16. The van der Waals surface area contributed by atoms with E-state index in [1.165, 1.54) is 19.3 Å². The molecule has 4 nitrogen and oxygen atoms in total. The summed E-state index contributed by atoms with van der Waals surface area (Å²) in [6.45, 7) is 5.36. The van der Waals surface area contributed by atoms with Crippen molar-refractivity contribution in [1.82, 2.24) is 4.90 Å². The summed E-state index contributed by atoms with van der Waals surface area (Å²) in [5, 5.41) is 0. The Morgan fingerprint density at radius 2 is 2.14 bits per heavy atom. The first kappa shape index (κ1) is 15.5. The summed E-state index contributed by atoms with van der Waals surface area (Å²) >= 11 is 0. The van der Waals surface area contributed by atoms with Gasteiger partial charge >= 0.3 is 0 Å². The van der Waals surface area contributed by atoms with E-state index in [4.69, 9.17) is 10.5 Å². The molecule has 2 fully saturated rings. The summed E-state index contributed by atoms with van der Waals surface area (Å²) in [6.07, 6.45) is 3.78. The number of hydrogen-bond acceptors (Lipinski definition) is 4. The number of ether oxygens (including phenoxy) is 1. The summed E-state index contributed by atoms with van der Waals surface area (Å²) in [4.78, 5) is 14.1. The van der Waals surface area contributed by atoms with Gasteiger partial charge in [-0.1, -0.05) is 18.6 Å². The van der Waals surface area contributed by atoms with Gasteiger partial charge in [0.1, 0.15) is 12.4 Å². The molecule has 0 aromatic heterocycles. The average Bonchev–Trinajstić information content (AvgIpc) is 2.92. The second-order valence-electron chi connectivity index (χ2n) is 6.68. The molecule has 1 heterocycles. The van der Waals surface area contributed by atoms with Crippen LogP contribution in [0, 0.1) is 11.8 Å². The minimum atomic E-state index is 0.0498. The lowest BCUT2D eigenvalue weighted by Crippen LogP contribution is -2.38. The van der Waals surface area contributed by atoms with Crippen LogP contribution in [0.5, 0.6) is 5.75 Å². The van der Waals surface area contributed by atoms with Gasteiger partial charge in [0.25, 0.3) is 0 Å². The molecular formula is C18H26N2O2. The molecule has 3 rings (SSSR count). The fourth-order valence-electron chi connectivity index (χ4n) is 3.96. The largest absolute Gasteiger partial charge is 0.491 e. The lowest BCUT2D eigenvalue weighted by atomic mass is 9.78. The van der Waals surface area contributed by atoms with Gasteiger partial charge in [-0.2, -0.15) is 0 Å². The topological polar surface area (TPSA) is 55.6 Å². The van der Waals surface area contributed by atoms with Crippen molar-refractivity contribution < 1.29 is 9.53 Å². The smallest absolute Gasteiger partial charge is 0.163 e. The van der Waals surface area contributed by atoms with Crippen molar-refractivity contribution in [3.05, 3.63) is 29.8 Å². The molecule has 1 saturated heterocycles. The van der Waals surface area contributed by atoms with Gasteiger partial charge in [0.15, 0.2) is 5.78 Å². The monoisotopic (exact) mass is 302 g/mol. The Morgan fingerprint density at radius 1 is 1.32 bits per heavy atom. The second-order valence-corrected chi connectivity index (χ2v) is 6.68. The summed E-state index contributed by atoms with van der Waals surface area (Å²) in [5.74, 6) is 2.18. The van der Waals surface area contributed by atoms with Crippen molar-refractivity contribution in [2.45, 2.75) is 32.2 Å². The molecule has 0 spiro atoms. The molecule has 3 atom stereocenters. The van der Waals surface area contributed by atoms with Gasteiger partial charge in [0.2, 0.25) is 0 Å². The van der Waals surface area contributed by atoms with Gasteiger partial charge in [-0.25, -0.2) is 0 Å². The van der Waals surface area contributed by atoms with E-state index in [0.29, 0.717) is 29.9 Å². The highest BCUT2D eigenvalue weighted by Gasteiger charge is 2.38. The minimum Gasteiger partial charge on any atom is -0.491 e. The normalized spacial score (nSPS) is 28.4. The summed E-state index contributed by atoms with van der Waals surface area (Å²) in [6, 6.07) is 7.85. The Hall–Kier alpha value is -1.39. The standard InChI is InChI=1S/C18H26N2O2/c1-13(21)15-6-2-3-8-18(15)22-10-9-20-11-14-5-4-7-17(19)16(14)12-20/h2-3,6,8,14,16-17H,4-5,7,9-12,19H2,1H3. The molecule has 0 radical (unpaired) electrons. The van der Waals surface area contributed by atoms with Crippen molar-refractivity contribution in [2.24, 2.45) is 17.6 Å². The highest BCUT2D eigenvalue weighted by molar-refractivity contribution is 5.96. The molecule has 0 bridgehead atoms. The molecule has 2 N–H and O–H groups in total. The molecule has 1 aromatic rings. The molecule has 120 valence electrons. The average molecular weight is 302 g/mol. The SMILES string of the molecule is CC(=O)c1ccccc1OCCN1CC2CCCC(N)C2C1. The van der Waals surface area contributed by atoms with Gasteiger partial charge < -0.3 is 10.5 Å². The summed E-state index contributed by atoms with van der Waals surface area (Å²) < 4.78 is 5.85. The number of nitrogens with two attached hydrogens (primary N) is 1. The maximum atomic E-state index is 11.6. The first-order chi connectivity index (χ1) is 10.6. The van der Waals surface area contributed by atoms with Crippen LogP contribution in [0.25, 0.3) is 0 Å². The Balaban J connectivity index is 1.51. The first-order valence-electron chi connectivity index (χ1n) is 8.36. The number of carbonyl (C=O) groups is 1. The van der Waals surface area contributed by atoms with Gasteiger partial charge in [-0.15, -0.1) is 0 Å². The van der Waals surface area contributed by atoms with E-state index in [1.54, 1.807) is 6.92 Å². The highest BCUT2D eigenvalue weighted by Crippen LogP contribution is 2.35. The number of rotatable bonds is 5. The fraction of sp³-hybridized carbons (Fsp3) is 0.611. The van der Waals surface area contributed by atoms with Crippen LogP contribution in [0.2, 0.25) is 0 Å². The summed E-state index contributed by atoms with van der Waals surface area (Å²) in [5.41, 5.74) is 6.93. The minimum absolute atomic E-state index is 0.0498. The zero-order valence-electron chi connectivity index (χ0n) is 13.3. The Kier molecular flexibility index (Phi) is 4.79. The number of benzene rings is 1. The van der Waals surface area contributed by atoms with Crippen LogP contribution in [0.4, 0.5) is 0 Å². The number of carbonyl (C=O) groups excluding carboxylic acids is 1. The molecule has 1 aliphatic carbocycles. The number of para-hydroxylation sites is 1. The van der Waals surface area contributed by atoms with Crippen molar-refractivity contribution in [3.8, 4) is 5.75 Å². The van der Waals surface area contributed by atoms with E-state index in [1.807, 2.05) is 24.3 Å². The van der Waals surface area contributed by atoms with Crippen LogP contribution >= 0.6 is 0 Å². The van der Waals surface area contributed by atoms with Crippen molar-refractivity contribution in [3.63, 3.8) is 0 Å². The number of likely N-dealkylation sites (tertiary alicyclic amines) is 1. The number of ketones is 1. The Labute approximate surface area is 132 Å². The van der Waals surface area contributed by atoms with E-state index >= 15 is 0 Å². The second kappa shape index (κ2) is 6.80. The quantitative estimate of drug-likeness (QED) is 0.848.